The highest BCUT2D eigenvalue weighted by Gasteiger charge is 2.14. The zero-order valence-electron chi connectivity index (χ0n) is 12.9. The summed E-state index contributed by atoms with van der Waals surface area (Å²) in [4.78, 5) is 23.6. The number of anilines is 2. The number of ether oxygens (including phenoxy) is 2. The van der Waals surface area contributed by atoms with E-state index in [4.69, 9.17) is 9.47 Å². The minimum absolute atomic E-state index is 0.163. The molecule has 7 nitrogen and oxygen atoms in total. The lowest BCUT2D eigenvalue weighted by molar-refractivity contribution is -0.116. The molecule has 24 heavy (non-hydrogen) atoms. The van der Waals surface area contributed by atoms with Crippen molar-refractivity contribution in [2.24, 2.45) is 0 Å². The Morgan fingerprint density at radius 2 is 1.71 bits per heavy atom. The third-order valence-corrected chi connectivity index (χ3v) is 3.33. The van der Waals surface area contributed by atoms with Gasteiger partial charge in [-0.3, -0.25) is 4.79 Å². The summed E-state index contributed by atoms with van der Waals surface area (Å²) in [6.07, 6.45) is 0.163. The van der Waals surface area contributed by atoms with Crippen LogP contribution >= 0.6 is 0 Å². The molecule has 0 fully saturated rings. The molecule has 0 bridgehead atoms. The van der Waals surface area contributed by atoms with Crippen molar-refractivity contribution >= 4 is 23.3 Å². The van der Waals surface area contributed by atoms with Gasteiger partial charge in [0.05, 0.1) is 0 Å². The number of hydrogen-bond donors (Lipinski definition) is 3. The number of fused-ring (bicyclic) bond motifs is 1. The first-order chi connectivity index (χ1) is 11.7. The Balaban J connectivity index is 1.40. The number of urea groups is 1. The smallest absolute Gasteiger partial charge is 0.319 e. The molecule has 7 heteroatoms. The summed E-state index contributed by atoms with van der Waals surface area (Å²) >= 11 is 0. The molecular weight excluding hydrogens is 310 g/mol. The molecule has 0 atom stereocenters. The summed E-state index contributed by atoms with van der Waals surface area (Å²) in [6.45, 7) is 0.419. The zero-order valence-corrected chi connectivity index (χ0v) is 12.9. The summed E-state index contributed by atoms with van der Waals surface area (Å²) < 4.78 is 10.5. The van der Waals surface area contributed by atoms with Crippen LogP contribution < -0.4 is 25.4 Å². The lowest BCUT2D eigenvalue weighted by Crippen LogP contribution is -2.31. The van der Waals surface area contributed by atoms with Gasteiger partial charge < -0.3 is 25.4 Å². The molecule has 3 amide bonds. The van der Waals surface area contributed by atoms with E-state index in [2.05, 4.69) is 16.0 Å². The maximum Gasteiger partial charge on any atom is 0.319 e. The molecule has 0 saturated heterocycles. The fourth-order valence-corrected chi connectivity index (χ4v) is 2.18. The van der Waals surface area contributed by atoms with Crippen LogP contribution in [0.15, 0.2) is 48.5 Å². The van der Waals surface area contributed by atoms with Gasteiger partial charge in [-0.05, 0) is 24.3 Å². The first-order valence-corrected chi connectivity index (χ1v) is 7.50. The summed E-state index contributed by atoms with van der Waals surface area (Å²) in [6, 6.07) is 13.9. The number of para-hydroxylation sites is 1. The largest absolute Gasteiger partial charge is 0.454 e. The molecule has 3 N–H and O–H groups in total. The molecule has 2 aromatic carbocycles. The second-order valence-corrected chi connectivity index (χ2v) is 5.11. The van der Waals surface area contributed by atoms with Crippen LogP contribution in [0.4, 0.5) is 16.2 Å². The third-order valence-electron chi connectivity index (χ3n) is 3.33. The molecule has 1 aliphatic rings. The van der Waals surface area contributed by atoms with E-state index in [1.54, 1.807) is 30.3 Å². The molecule has 1 aliphatic heterocycles. The Morgan fingerprint density at radius 3 is 2.54 bits per heavy atom. The van der Waals surface area contributed by atoms with Crippen molar-refractivity contribution in [2.75, 3.05) is 24.0 Å². The van der Waals surface area contributed by atoms with Gasteiger partial charge in [-0.2, -0.15) is 0 Å². The third kappa shape index (κ3) is 4.16. The Morgan fingerprint density at radius 1 is 0.917 bits per heavy atom. The molecule has 0 saturated carbocycles. The fraction of sp³-hybridized carbons (Fsp3) is 0.176. The number of hydrogen-bond acceptors (Lipinski definition) is 4. The van der Waals surface area contributed by atoms with Gasteiger partial charge in [-0.15, -0.1) is 0 Å². The van der Waals surface area contributed by atoms with E-state index in [1.165, 1.54) is 0 Å². The van der Waals surface area contributed by atoms with Gasteiger partial charge in [0.1, 0.15) is 0 Å². The highest BCUT2D eigenvalue weighted by Crippen LogP contribution is 2.34. The van der Waals surface area contributed by atoms with E-state index in [0.29, 0.717) is 22.9 Å². The quantitative estimate of drug-likeness (QED) is 0.787. The van der Waals surface area contributed by atoms with E-state index < -0.39 is 0 Å². The Labute approximate surface area is 139 Å². The van der Waals surface area contributed by atoms with Gasteiger partial charge in [-0.25, -0.2) is 4.79 Å². The SMILES string of the molecule is O=C(CCNC(=O)Nc1ccccc1)Nc1ccc2c(c1)OCO2. The lowest BCUT2D eigenvalue weighted by atomic mass is 10.2. The van der Waals surface area contributed by atoms with Crippen molar-refractivity contribution in [3.63, 3.8) is 0 Å². The minimum Gasteiger partial charge on any atom is -0.454 e. The Hall–Kier alpha value is -3.22. The van der Waals surface area contributed by atoms with Crippen LogP contribution in [0.2, 0.25) is 0 Å². The van der Waals surface area contributed by atoms with Gasteiger partial charge in [0.2, 0.25) is 12.7 Å². The highest BCUT2D eigenvalue weighted by atomic mass is 16.7. The lowest BCUT2D eigenvalue weighted by Gasteiger charge is -2.08. The first-order valence-electron chi connectivity index (χ1n) is 7.50. The van der Waals surface area contributed by atoms with Crippen molar-refractivity contribution in [2.45, 2.75) is 6.42 Å². The van der Waals surface area contributed by atoms with E-state index in [0.717, 1.165) is 0 Å². The van der Waals surface area contributed by atoms with Crippen LogP contribution in [0.1, 0.15) is 6.42 Å². The van der Waals surface area contributed by atoms with Crippen molar-refractivity contribution < 1.29 is 19.1 Å². The summed E-state index contributed by atoms with van der Waals surface area (Å²) in [7, 11) is 0. The number of carbonyl (C=O) groups is 2. The number of amides is 3. The first kappa shape index (κ1) is 15.7. The number of benzene rings is 2. The number of nitrogens with one attached hydrogen (secondary N) is 3. The fourth-order valence-electron chi connectivity index (χ4n) is 2.18. The average molecular weight is 327 g/mol. The van der Waals surface area contributed by atoms with Crippen molar-refractivity contribution in [1.29, 1.82) is 0 Å². The Kier molecular flexibility index (Phi) is 4.81. The van der Waals surface area contributed by atoms with E-state index in [1.807, 2.05) is 18.2 Å². The molecule has 0 unspecified atom stereocenters. The predicted octanol–water partition coefficient (Wildman–Crippen LogP) is 2.57. The summed E-state index contributed by atoms with van der Waals surface area (Å²) in [5.74, 6) is 1.06. The normalized spacial score (nSPS) is 11.7. The van der Waals surface area contributed by atoms with Crippen molar-refractivity contribution in [3.8, 4) is 11.5 Å². The second-order valence-electron chi connectivity index (χ2n) is 5.11. The van der Waals surface area contributed by atoms with Gasteiger partial charge in [0, 0.05) is 30.4 Å². The topological polar surface area (TPSA) is 88.7 Å². The standard InChI is InChI=1S/C17H17N3O4/c21-16(19-13-6-7-14-15(10-13)24-11-23-14)8-9-18-17(22)20-12-4-2-1-3-5-12/h1-7,10H,8-9,11H2,(H,19,21)(H2,18,20,22). The minimum atomic E-state index is -0.350. The van der Waals surface area contributed by atoms with Crippen LogP contribution in [0.3, 0.4) is 0 Å². The van der Waals surface area contributed by atoms with Crippen molar-refractivity contribution in [1.82, 2.24) is 5.32 Å². The summed E-state index contributed by atoms with van der Waals surface area (Å²) in [5, 5.41) is 8.06. The molecule has 1 heterocycles. The molecule has 0 aromatic heterocycles. The van der Waals surface area contributed by atoms with Gasteiger partial charge >= 0.3 is 6.03 Å². The zero-order chi connectivity index (χ0) is 16.8. The maximum atomic E-state index is 11.9. The number of rotatable bonds is 5. The molecule has 124 valence electrons. The maximum absolute atomic E-state index is 11.9. The van der Waals surface area contributed by atoms with Crippen LogP contribution in [-0.4, -0.2) is 25.3 Å². The predicted molar refractivity (Wildman–Crippen MR) is 89.3 cm³/mol. The van der Waals surface area contributed by atoms with Crippen molar-refractivity contribution in [3.05, 3.63) is 48.5 Å². The van der Waals surface area contributed by atoms with Gasteiger partial charge in [0.15, 0.2) is 11.5 Å². The van der Waals surface area contributed by atoms with E-state index >= 15 is 0 Å². The van der Waals surface area contributed by atoms with Crippen LogP contribution in [0.5, 0.6) is 11.5 Å². The molecular formula is C17H17N3O4. The molecule has 3 rings (SSSR count). The van der Waals surface area contributed by atoms with Crippen LogP contribution in [0.25, 0.3) is 0 Å². The van der Waals surface area contributed by atoms with E-state index in [9.17, 15) is 9.59 Å². The molecule has 0 radical (unpaired) electrons. The average Bonchev–Trinajstić information content (AvgIpc) is 3.03. The van der Waals surface area contributed by atoms with Gasteiger partial charge in [-0.1, -0.05) is 18.2 Å². The Bertz CT molecular complexity index is 734. The van der Waals surface area contributed by atoms with Crippen LogP contribution in [0, 0.1) is 0 Å². The summed E-state index contributed by atoms with van der Waals surface area (Å²) in [5.41, 5.74) is 1.32. The highest BCUT2D eigenvalue weighted by molar-refractivity contribution is 5.92. The van der Waals surface area contributed by atoms with E-state index in [-0.39, 0.29) is 31.7 Å². The number of carbonyl (C=O) groups excluding carboxylic acids is 2. The molecule has 0 spiro atoms. The second kappa shape index (κ2) is 7.36. The molecule has 0 aliphatic carbocycles. The van der Waals surface area contributed by atoms with Gasteiger partial charge in [0.25, 0.3) is 0 Å². The molecule has 2 aromatic rings. The van der Waals surface area contributed by atoms with Crippen LogP contribution in [-0.2, 0) is 4.79 Å². The monoisotopic (exact) mass is 327 g/mol.